The maximum atomic E-state index is 14.9. The third kappa shape index (κ3) is 6.52. The molecule has 6 rings (SSSR count). The highest BCUT2D eigenvalue weighted by atomic mass is 32.1. The second-order valence-corrected chi connectivity index (χ2v) is 11.9. The summed E-state index contributed by atoms with van der Waals surface area (Å²) in [5, 5.41) is 0. The summed E-state index contributed by atoms with van der Waals surface area (Å²) < 4.78 is 21.8. The number of carbonyl (C=O) groups excluding carboxylic acids is 1. The largest absolute Gasteiger partial charge is 0.453 e. The summed E-state index contributed by atoms with van der Waals surface area (Å²) in [5.74, 6) is 0.925. The Morgan fingerprint density at radius 2 is 1.90 bits per heavy atom. The third-order valence-corrected chi connectivity index (χ3v) is 8.66. The maximum Gasteiger partial charge on any atom is 0.166 e. The lowest BCUT2D eigenvalue weighted by Gasteiger charge is -2.19. The first-order valence-corrected chi connectivity index (χ1v) is 14.5. The quantitative estimate of drug-likeness (QED) is 0.245. The van der Waals surface area contributed by atoms with Gasteiger partial charge in [0.2, 0.25) is 0 Å². The van der Waals surface area contributed by atoms with Gasteiger partial charge in [-0.05, 0) is 80.7 Å². The van der Waals surface area contributed by atoms with Crippen LogP contribution in [0.1, 0.15) is 36.8 Å². The highest BCUT2D eigenvalue weighted by Gasteiger charge is 2.24. The van der Waals surface area contributed by atoms with Crippen LogP contribution >= 0.6 is 11.3 Å². The van der Waals surface area contributed by atoms with Crippen molar-refractivity contribution < 1.29 is 13.9 Å². The second-order valence-electron chi connectivity index (χ2n) is 10.8. The number of halogens is 1. The molecule has 1 aliphatic carbocycles. The molecule has 4 heterocycles. The number of nitrogens with zero attached hydrogens (tertiary/aromatic N) is 4. The Bertz CT molecular complexity index is 1470. The maximum absolute atomic E-state index is 14.9. The fraction of sp³-hybridized carbons (Fsp3) is 0.387. The van der Waals surface area contributed by atoms with Crippen LogP contribution in [-0.2, 0) is 17.8 Å². The lowest BCUT2D eigenvalue weighted by molar-refractivity contribution is -0.118. The summed E-state index contributed by atoms with van der Waals surface area (Å²) >= 11 is 1.54. The van der Waals surface area contributed by atoms with Crippen LogP contribution in [0.5, 0.6) is 11.5 Å². The number of rotatable bonds is 9. The summed E-state index contributed by atoms with van der Waals surface area (Å²) in [4.78, 5) is 27.3. The van der Waals surface area contributed by atoms with E-state index < -0.39 is 5.82 Å². The van der Waals surface area contributed by atoms with Gasteiger partial charge in [-0.2, -0.15) is 0 Å². The van der Waals surface area contributed by atoms with Crippen LogP contribution in [0.3, 0.4) is 0 Å². The molecule has 0 atom stereocenters. The van der Waals surface area contributed by atoms with Gasteiger partial charge < -0.3 is 9.64 Å². The van der Waals surface area contributed by atoms with Crippen molar-refractivity contribution in [1.29, 1.82) is 0 Å². The van der Waals surface area contributed by atoms with Gasteiger partial charge in [-0.15, -0.1) is 11.3 Å². The van der Waals surface area contributed by atoms with E-state index in [9.17, 15) is 9.18 Å². The molecule has 2 aliphatic rings. The number of benzene rings is 1. The number of ether oxygens (including phenoxy) is 1. The molecule has 0 N–H and O–H groups in total. The Kier molecular flexibility index (Phi) is 7.68. The third-order valence-electron chi connectivity index (χ3n) is 7.50. The molecule has 202 valence electrons. The number of hydrogen-bond donors (Lipinski definition) is 0. The van der Waals surface area contributed by atoms with Crippen molar-refractivity contribution in [3.8, 4) is 22.1 Å². The van der Waals surface area contributed by atoms with E-state index in [1.54, 1.807) is 24.4 Å². The highest BCUT2D eigenvalue weighted by Crippen LogP contribution is 2.39. The zero-order chi connectivity index (χ0) is 26.8. The van der Waals surface area contributed by atoms with E-state index in [-0.39, 0.29) is 18.0 Å². The minimum atomic E-state index is -0.471. The molecule has 0 radical (unpaired) electrons. The molecule has 0 amide bonds. The van der Waals surface area contributed by atoms with Gasteiger partial charge >= 0.3 is 0 Å². The fourth-order valence-corrected chi connectivity index (χ4v) is 6.14. The van der Waals surface area contributed by atoms with Crippen LogP contribution in [0, 0.1) is 11.7 Å². The molecule has 3 aromatic heterocycles. The monoisotopic (exact) mass is 544 g/mol. The van der Waals surface area contributed by atoms with E-state index >= 15 is 0 Å². The van der Waals surface area contributed by atoms with Gasteiger partial charge in [0.1, 0.15) is 11.5 Å². The molecular formula is C31H33FN4O2S. The van der Waals surface area contributed by atoms with Gasteiger partial charge in [0.25, 0.3) is 0 Å². The van der Waals surface area contributed by atoms with Crippen LogP contribution in [-0.4, -0.2) is 58.8 Å². The van der Waals surface area contributed by atoms with E-state index in [1.165, 1.54) is 29.4 Å². The lowest BCUT2D eigenvalue weighted by atomic mass is 10.0. The Morgan fingerprint density at radius 1 is 1.03 bits per heavy atom. The average molecular weight is 545 g/mol. The number of likely N-dealkylation sites (N-methyl/N-ethyl adjacent to an activating group) is 1. The summed E-state index contributed by atoms with van der Waals surface area (Å²) in [7, 11) is 2.18. The molecule has 1 saturated carbocycles. The molecule has 8 heteroatoms. The average Bonchev–Trinajstić information content (AvgIpc) is 3.66. The summed E-state index contributed by atoms with van der Waals surface area (Å²) in [6, 6.07) is 12.8. The normalized spacial score (nSPS) is 16.9. The number of Topliss-reactive ketones (excluding diaryl/α,β-unsaturated/α-hetero) is 1. The highest BCUT2D eigenvalue weighted by molar-refractivity contribution is 7.22. The Labute approximate surface area is 232 Å². The number of thiophene rings is 1. The van der Waals surface area contributed by atoms with E-state index in [0.29, 0.717) is 23.7 Å². The first kappa shape index (κ1) is 26.0. The molecule has 0 spiro atoms. The van der Waals surface area contributed by atoms with Crippen molar-refractivity contribution in [3.63, 3.8) is 0 Å². The van der Waals surface area contributed by atoms with Gasteiger partial charge in [0.15, 0.2) is 11.6 Å². The molecule has 0 unspecified atom stereocenters. The minimum absolute atomic E-state index is 0.137. The molecule has 6 nitrogen and oxygen atoms in total. The van der Waals surface area contributed by atoms with Gasteiger partial charge in [-0.25, -0.2) is 4.39 Å². The molecule has 1 saturated heterocycles. The van der Waals surface area contributed by atoms with E-state index in [0.717, 1.165) is 66.4 Å². The van der Waals surface area contributed by atoms with Gasteiger partial charge in [-0.1, -0.05) is 12.1 Å². The van der Waals surface area contributed by atoms with Gasteiger partial charge in [0.05, 0.1) is 20.8 Å². The number of carbonyl (C=O) groups is 1. The van der Waals surface area contributed by atoms with Crippen molar-refractivity contribution in [3.05, 3.63) is 71.8 Å². The molecule has 2 fully saturated rings. The minimum Gasteiger partial charge on any atom is -0.453 e. The fourth-order valence-electron chi connectivity index (χ4n) is 5.10. The number of pyridine rings is 2. The molecular weight excluding hydrogens is 511 g/mol. The van der Waals surface area contributed by atoms with Crippen LogP contribution in [0.25, 0.3) is 20.8 Å². The van der Waals surface area contributed by atoms with Gasteiger partial charge in [0, 0.05) is 50.9 Å². The molecule has 39 heavy (non-hydrogen) atoms. The van der Waals surface area contributed by atoms with Crippen LogP contribution in [0.4, 0.5) is 4.39 Å². The topological polar surface area (TPSA) is 58.6 Å². The van der Waals surface area contributed by atoms with Crippen molar-refractivity contribution in [2.45, 2.75) is 38.6 Å². The standard InChI is InChI=1S/C31H33FN4O2S/c1-35-11-2-12-36(14-13-35)20-23-5-7-26(34-19-23)30-18-27-31(39-30)29(9-10-33-27)38-28-8-6-22(17-25(28)32)16-24(37)15-21-3-4-21/h5-10,17-19,21H,2-4,11-16,20H2,1H3. The number of fused-ring (bicyclic) bond motifs is 1. The molecule has 4 aromatic rings. The Balaban J connectivity index is 1.15. The van der Waals surface area contributed by atoms with E-state index in [1.807, 2.05) is 12.3 Å². The summed E-state index contributed by atoms with van der Waals surface area (Å²) in [5.41, 5.74) is 3.56. The van der Waals surface area contributed by atoms with Crippen molar-refractivity contribution in [2.75, 3.05) is 33.2 Å². The number of ketones is 1. The van der Waals surface area contributed by atoms with Gasteiger partial charge in [-0.3, -0.25) is 19.7 Å². The summed E-state index contributed by atoms with van der Waals surface area (Å²) in [6.07, 6.45) is 7.96. The first-order valence-electron chi connectivity index (χ1n) is 13.7. The predicted molar refractivity (Wildman–Crippen MR) is 153 cm³/mol. The Hall–Kier alpha value is -3.20. The number of hydrogen-bond acceptors (Lipinski definition) is 7. The predicted octanol–water partition coefficient (Wildman–Crippen LogP) is 6.34. The van der Waals surface area contributed by atoms with Crippen molar-refractivity contribution >= 4 is 27.3 Å². The van der Waals surface area contributed by atoms with E-state index in [2.05, 4.69) is 34.0 Å². The lowest BCUT2D eigenvalue weighted by Crippen LogP contribution is -2.28. The molecule has 0 bridgehead atoms. The van der Waals surface area contributed by atoms with Crippen molar-refractivity contribution in [1.82, 2.24) is 19.8 Å². The smallest absolute Gasteiger partial charge is 0.166 e. The molecule has 1 aromatic carbocycles. The van der Waals surface area contributed by atoms with E-state index in [4.69, 9.17) is 9.72 Å². The zero-order valence-corrected chi connectivity index (χ0v) is 23.1. The molecule has 1 aliphatic heterocycles. The first-order chi connectivity index (χ1) is 19.0. The SMILES string of the molecule is CN1CCCN(Cc2ccc(-c3cc4nccc(Oc5ccc(CC(=O)CC6CC6)cc5F)c4s3)nc2)CC1. The zero-order valence-electron chi connectivity index (χ0n) is 22.2. The summed E-state index contributed by atoms with van der Waals surface area (Å²) in [6.45, 7) is 5.34. The van der Waals surface area contributed by atoms with Crippen LogP contribution < -0.4 is 4.74 Å². The Morgan fingerprint density at radius 3 is 2.69 bits per heavy atom. The van der Waals surface area contributed by atoms with Crippen molar-refractivity contribution in [2.24, 2.45) is 5.92 Å². The van der Waals surface area contributed by atoms with Crippen LogP contribution in [0.15, 0.2) is 54.9 Å². The number of aromatic nitrogens is 2. The van der Waals surface area contributed by atoms with Crippen LogP contribution in [0.2, 0.25) is 0 Å². The second kappa shape index (κ2) is 11.5.